The molecular weight excluding hydrogens is 252 g/mol. The molecule has 2 aliphatic carbocycles. The molecule has 0 saturated heterocycles. The number of fused-ring (bicyclic) bond motifs is 1. The van der Waals surface area contributed by atoms with Gasteiger partial charge in [0.25, 0.3) is 5.91 Å². The highest BCUT2D eigenvalue weighted by atomic mass is 16.5. The molecule has 4 rings (SSSR count). The van der Waals surface area contributed by atoms with Gasteiger partial charge in [-0.05, 0) is 48.3 Å². The van der Waals surface area contributed by atoms with E-state index in [4.69, 9.17) is 10.5 Å². The number of rotatable bonds is 2. The van der Waals surface area contributed by atoms with Gasteiger partial charge in [-0.3, -0.25) is 4.79 Å². The normalized spacial score (nSPS) is 34.2. The minimum atomic E-state index is 0.0430. The molecule has 20 heavy (non-hydrogen) atoms. The highest BCUT2D eigenvalue weighted by Crippen LogP contribution is 2.59. The van der Waals surface area contributed by atoms with Gasteiger partial charge >= 0.3 is 0 Å². The summed E-state index contributed by atoms with van der Waals surface area (Å²) in [6.45, 7) is 1.31. The Hall–Kier alpha value is -1.39. The Morgan fingerprint density at radius 1 is 1.35 bits per heavy atom. The second kappa shape index (κ2) is 4.30. The Kier molecular flexibility index (Phi) is 2.66. The topological polar surface area (TPSA) is 64.3 Å². The number of benzene rings is 1. The van der Waals surface area contributed by atoms with E-state index >= 15 is 0 Å². The molecular formula is C16H20N2O2. The molecule has 1 atom stereocenters. The average Bonchev–Trinajstić information content (AvgIpc) is 3.09. The van der Waals surface area contributed by atoms with Crippen LogP contribution in [0.2, 0.25) is 0 Å². The van der Waals surface area contributed by atoms with Crippen molar-refractivity contribution in [3.05, 3.63) is 34.9 Å². The van der Waals surface area contributed by atoms with Crippen molar-refractivity contribution in [1.82, 2.24) is 5.32 Å². The van der Waals surface area contributed by atoms with E-state index in [0.717, 1.165) is 43.4 Å². The van der Waals surface area contributed by atoms with Crippen LogP contribution in [0.3, 0.4) is 0 Å². The number of carbonyl (C=O) groups is 1. The summed E-state index contributed by atoms with van der Waals surface area (Å²) in [4.78, 5) is 12.4. The minimum absolute atomic E-state index is 0.0430. The van der Waals surface area contributed by atoms with Crippen LogP contribution in [0, 0.1) is 5.41 Å². The summed E-state index contributed by atoms with van der Waals surface area (Å²) < 4.78 is 5.49. The Morgan fingerprint density at radius 2 is 2.15 bits per heavy atom. The summed E-state index contributed by atoms with van der Waals surface area (Å²) in [5.41, 5.74) is 9.39. The first-order chi connectivity index (χ1) is 9.68. The van der Waals surface area contributed by atoms with Crippen molar-refractivity contribution in [3.63, 3.8) is 0 Å². The Morgan fingerprint density at radius 3 is 2.90 bits per heavy atom. The number of nitrogens with two attached hydrogens (primary N) is 1. The zero-order valence-electron chi connectivity index (χ0n) is 11.5. The second-order valence-corrected chi connectivity index (χ2v) is 6.50. The zero-order chi connectivity index (χ0) is 13.7. The van der Waals surface area contributed by atoms with Gasteiger partial charge in [-0.15, -0.1) is 0 Å². The van der Waals surface area contributed by atoms with Crippen molar-refractivity contribution in [1.29, 1.82) is 0 Å². The number of hydrogen-bond acceptors (Lipinski definition) is 3. The molecule has 1 aliphatic heterocycles. The highest BCUT2D eigenvalue weighted by Gasteiger charge is 2.60. The molecule has 0 radical (unpaired) electrons. The number of amides is 1. The number of ether oxygens (including phenoxy) is 1. The molecule has 1 aromatic carbocycles. The molecule has 1 amide bonds. The minimum Gasteiger partial charge on any atom is -0.376 e. The summed E-state index contributed by atoms with van der Waals surface area (Å²) in [7, 11) is 0. The van der Waals surface area contributed by atoms with Crippen molar-refractivity contribution in [2.75, 3.05) is 6.61 Å². The third-order valence-corrected chi connectivity index (χ3v) is 5.17. The molecule has 3 aliphatic rings. The Bertz CT molecular complexity index is 564. The fourth-order valence-electron chi connectivity index (χ4n) is 3.74. The van der Waals surface area contributed by atoms with E-state index in [1.165, 1.54) is 5.56 Å². The third-order valence-electron chi connectivity index (χ3n) is 5.17. The number of nitrogens with one attached hydrogen (secondary N) is 1. The number of hydrogen-bond donors (Lipinski definition) is 2. The van der Waals surface area contributed by atoms with E-state index in [1.54, 1.807) is 0 Å². The van der Waals surface area contributed by atoms with Gasteiger partial charge in [-0.25, -0.2) is 0 Å². The van der Waals surface area contributed by atoms with E-state index in [2.05, 4.69) is 11.4 Å². The monoisotopic (exact) mass is 272 g/mol. The van der Waals surface area contributed by atoms with Crippen molar-refractivity contribution in [2.45, 2.75) is 44.4 Å². The average molecular weight is 272 g/mol. The molecule has 0 bridgehead atoms. The van der Waals surface area contributed by atoms with Gasteiger partial charge in [-0.2, -0.15) is 0 Å². The van der Waals surface area contributed by atoms with Crippen LogP contribution in [0.1, 0.15) is 40.7 Å². The van der Waals surface area contributed by atoms with Crippen LogP contribution >= 0.6 is 0 Å². The van der Waals surface area contributed by atoms with Gasteiger partial charge in [0.2, 0.25) is 0 Å². The van der Waals surface area contributed by atoms with E-state index in [0.29, 0.717) is 24.1 Å². The van der Waals surface area contributed by atoms with Crippen molar-refractivity contribution in [2.24, 2.45) is 11.1 Å². The lowest BCUT2D eigenvalue weighted by Gasteiger charge is -2.37. The summed E-state index contributed by atoms with van der Waals surface area (Å²) in [6, 6.07) is 6.64. The zero-order valence-corrected chi connectivity index (χ0v) is 11.5. The fraction of sp³-hybridized carbons (Fsp3) is 0.562. The van der Waals surface area contributed by atoms with E-state index in [-0.39, 0.29) is 5.91 Å². The molecule has 4 nitrogen and oxygen atoms in total. The standard InChI is InChI=1S/C16H20N2O2/c17-14-8-16(14)6-11(7-16)18-15(19)12-3-1-2-10-4-5-20-9-13(10)12/h1-3,11,14H,4-9,17H2,(H,18,19). The molecule has 1 unspecified atom stereocenters. The maximum atomic E-state index is 12.4. The van der Waals surface area contributed by atoms with Gasteiger partial charge in [0.15, 0.2) is 0 Å². The molecule has 1 heterocycles. The lowest BCUT2D eigenvalue weighted by atomic mass is 9.76. The molecule has 2 fully saturated rings. The summed E-state index contributed by atoms with van der Waals surface area (Å²) in [6.07, 6.45) is 4.13. The molecule has 1 spiro atoms. The van der Waals surface area contributed by atoms with Crippen LogP contribution in [0.15, 0.2) is 18.2 Å². The van der Waals surface area contributed by atoms with Crippen molar-refractivity contribution < 1.29 is 9.53 Å². The molecule has 106 valence electrons. The predicted octanol–water partition coefficient (Wildman–Crippen LogP) is 1.37. The first-order valence-electron chi connectivity index (χ1n) is 7.43. The summed E-state index contributed by atoms with van der Waals surface area (Å²) in [5, 5.41) is 3.15. The van der Waals surface area contributed by atoms with Gasteiger partial charge in [0, 0.05) is 17.6 Å². The second-order valence-electron chi connectivity index (χ2n) is 6.50. The quantitative estimate of drug-likeness (QED) is 0.854. The van der Waals surface area contributed by atoms with Crippen LogP contribution in [0.4, 0.5) is 0 Å². The first-order valence-corrected chi connectivity index (χ1v) is 7.43. The molecule has 0 aromatic heterocycles. The van der Waals surface area contributed by atoms with E-state index in [1.807, 2.05) is 12.1 Å². The van der Waals surface area contributed by atoms with Gasteiger partial charge in [0.1, 0.15) is 0 Å². The Labute approximate surface area is 118 Å². The maximum Gasteiger partial charge on any atom is 0.251 e. The van der Waals surface area contributed by atoms with Gasteiger partial charge in [0.05, 0.1) is 13.2 Å². The van der Waals surface area contributed by atoms with Crippen LogP contribution in [-0.4, -0.2) is 24.6 Å². The fourth-order valence-corrected chi connectivity index (χ4v) is 3.74. The molecule has 4 heteroatoms. The largest absolute Gasteiger partial charge is 0.376 e. The lowest BCUT2D eigenvalue weighted by molar-refractivity contribution is 0.0853. The SMILES string of the molecule is NC1CC12CC(NC(=O)c1cccc3c1COCC3)C2. The van der Waals surface area contributed by atoms with Crippen molar-refractivity contribution in [3.8, 4) is 0 Å². The summed E-state index contributed by atoms with van der Waals surface area (Å²) >= 11 is 0. The van der Waals surface area contributed by atoms with Crippen LogP contribution in [0.5, 0.6) is 0 Å². The van der Waals surface area contributed by atoms with Crippen LogP contribution in [0.25, 0.3) is 0 Å². The lowest BCUT2D eigenvalue weighted by Crippen LogP contribution is -2.47. The van der Waals surface area contributed by atoms with Crippen LogP contribution in [-0.2, 0) is 17.8 Å². The highest BCUT2D eigenvalue weighted by molar-refractivity contribution is 5.96. The number of carbonyl (C=O) groups excluding carboxylic acids is 1. The maximum absolute atomic E-state index is 12.4. The molecule has 3 N–H and O–H groups in total. The predicted molar refractivity (Wildman–Crippen MR) is 75.3 cm³/mol. The molecule has 1 aromatic rings. The Balaban J connectivity index is 1.46. The third kappa shape index (κ3) is 1.86. The van der Waals surface area contributed by atoms with Crippen LogP contribution < -0.4 is 11.1 Å². The van der Waals surface area contributed by atoms with E-state index in [9.17, 15) is 4.79 Å². The van der Waals surface area contributed by atoms with Gasteiger partial charge in [-0.1, -0.05) is 12.1 Å². The van der Waals surface area contributed by atoms with E-state index < -0.39 is 0 Å². The molecule has 2 saturated carbocycles. The van der Waals surface area contributed by atoms with Gasteiger partial charge < -0.3 is 15.8 Å². The first kappa shape index (κ1) is 12.4. The smallest absolute Gasteiger partial charge is 0.251 e. The van der Waals surface area contributed by atoms with Crippen molar-refractivity contribution >= 4 is 5.91 Å². The summed E-state index contributed by atoms with van der Waals surface area (Å²) in [5.74, 6) is 0.0430.